The van der Waals surface area contributed by atoms with Crippen molar-refractivity contribution in [1.29, 1.82) is 0 Å². The maximum atomic E-state index is 13.4. The van der Waals surface area contributed by atoms with Gasteiger partial charge in [0.15, 0.2) is 5.79 Å². The molecule has 2 aromatic carbocycles. The second-order valence-corrected chi connectivity index (χ2v) is 8.77. The molecule has 0 spiro atoms. The van der Waals surface area contributed by atoms with Gasteiger partial charge in [-0.05, 0) is 49.4 Å². The van der Waals surface area contributed by atoms with Crippen molar-refractivity contribution in [2.45, 2.75) is 25.7 Å². The monoisotopic (exact) mass is 492 g/mol. The number of piperazine rings is 1. The molecule has 0 N–H and O–H groups in total. The molecular formula is C23H26BrFN2O4. The summed E-state index contributed by atoms with van der Waals surface area (Å²) in [4.78, 5) is 15.6. The van der Waals surface area contributed by atoms with E-state index in [0.717, 1.165) is 43.2 Å². The highest BCUT2D eigenvalue weighted by Gasteiger charge is 2.40. The molecule has 2 aliphatic heterocycles. The highest BCUT2D eigenvalue weighted by molar-refractivity contribution is 9.10. The molecule has 2 atom stereocenters. The minimum atomic E-state index is -0.952. The number of hydrogen-bond donors (Lipinski definition) is 0. The van der Waals surface area contributed by atoms with Crippen molar-refractivity contribution in [3.63, 3.8) is 0 Å². The van der Waals surface area contributed by atoms with Gasteiger partial charge in [0.05, 0.1) is 6.61 Å². The second-order valence-electron chi connectivity index (χ2n) is 7.92. The number of nitrogens with zero attached hydrogens (tertiary/aromatic N) is 2. The van der Waals surface area contributed by atoms with E-state index in [0.29, 0.717) is 17.7 Å². The number of rotatable bonds is 5. The summed E-state index contributed by atoms with van der Waals surface area (Å²) in [5.74, 6) is -0.385. The van der Waals surface area contributed by atoms with Crippen LogP contribution in [0.1, 0.15) is 19.4 Å². The van der Waals surface area contributed by atoms with Crippen LogP contribution in [-0.4, -0.2) is 56.3 Å². The number of anilines is 1. The minimum Gasteiger partial charge on any atom is -0.491 e. The smallest absolute Gasteiger partial charge is 0.219 e. The van der Waals surface area contributed by atoms with Gasteiger partial charge in [0.2, 0.25) is 5.91 Å². The molecule has 2 fully saturated rings. The van der Waals surface area contributed by atoms with Crippen LogP contribution in [-0.2, 0) is 20.1 Å². The highest BCUT2D eigenvalue weighted by Crippen LogP contribution is 2.38. The first-order chi connectivity index (χ1) is 14.8. The molecule has 8 heteroatoms. The average molecular weight is 493 g/mol. The number of carbonyl (C=O) groups excluding carboxylic acids is 1. The first-order valence-corrected chi connectivity index (χ1v) is 11.1. The normalized spacial score (nSPS) is 23.8. The molecule has 2 heterocycles. The van der Waals surface area contributed by atoms with Gasteiger partial charge in [-0.15, -0.1) is 0 Å². The number of benzene rings is 2. The Morgan fingerprint density at radius 2 is 1.90 bits per heavy atom. The lowest BCUT2D eigenvalue weighted by atomic mass is 10.1. The van der Waals surface area contributed by atoms with E-state index < -0.39 is 5.79 Å². The van der Waals surface area contributed by atoms with Crippen LogP contribution in [0.4, 0.5) is 10.1 Å². The van der Waals surface area contributed by atoms with E-state index >= 15 is 0 Å². The van der Waals surface area contributed by atoms with Crippen LogP contribution in [0.25, 0.3) is 0 Å². The second kappa shape index (κ2) is 9.14. The van der Waals surface area contributed by atoms with Crippen molar-refractivity contribution < 1.29 is 23.4 Å². The van der Waals surface area contributed by atoms with Crippen molar-refractivity contribution in [2.75, 3.05) is 44.3 Å². The number of hydrogen-bond acceptors (Lipinski definition) is 5. The number of amides is 1. The maximum Gasteiger partial charge on any atom is 0.219 e. The molecular weight excluding hydrogens is 467 g/mol. The molecule has 0 aromatic heterocycles. The van der Waals surface area contributed by atoms with Gasteiger partial charge in [0, 0.05) is 48.8 Å². The van der Waals surface area contributed by atoms with Crippen LogP contribution in [0, 0.1) is 5.82 Å². The summed E-state index contributed by atoms with van der Waals surface area (Å²) in [5.41, 5.74) is 1.86. The number of carbonyl (C=O) groups is 1. The SMILES string of the molecule is CC(=O)N1CCN(c2ccc(OCC3COC(C)(c4ccc(F)cc4Br)O3)cc2)CC1. The largest absolute Gasteiger partial charge is 0.491 e. The van der Waals surface area contributed by atoms with E-state index in [1.54, 1.807) is 13.0 Å². The van der Waals surface area contributed by atoms with Gasteiger partial charge in [0.1, 0.15) is 24.3 Å². The number of halogens is 2. The Bertz CT molecular complexity index is 934. The molecule has 0 aliphatic carbocycles. The Balaban J connectivity index is 1.30. The fourth-order valence-electron chi connectivity index (χ4n) is 3.94. The molecule has 0 radical (unpaired) electrons. The van der Waals surface area contributed by atoms with Crippen LogP contribution in [0.15, 0.2) is 46.9 Å². The summed E-state index contributed by atoms with van der Waals surface area (Å²) >= 11 is 3.38. The van der Waals surface area contributed by atoms with Crippen molar-refractivity contribution in [2.24, 2.45) is 0 Å². The van der Waals surface area contributed by atoms with Crippen LogP contribution < -0.4 is 9.64 Å². The first-order valence-electron chi connectivity index (χ1n) is 10.3. The Labute approximate surface area is 190 Å². The Morgan fingerprint density at radius 1 is 1.19 bits per heavy atom. The minimum absolute atomic E-state index is 0.129. The van der Waals surface area contributed by atoms with E-state index in [2.05, 4.69) is 20.8 Å². The van der Waals surface area contributed by atoms with Crippen LogP contribution in [0.2, 0.25) is 0 Å². The fourth-order valence-corrected chi connectivity index (χ4v) is 4.65. The van der Waals surface area contributed by atoms with E-state index in [4.69, 9.17) is 14.2 Å². The van der Waals surface area contributed by atoms with Gasteiger partial charge >= 0.3 is 0 Å². The molecule has 166 valence electrons. The predicted octanol–water partition coefficient (Wildman–Crippen LogP) is 3.92. The van der Waals surface area contributed by atoms with Gasteiger partial charge in [-0.2, -0.15) is 0 Å². The zero-order valence-electron chi connectivity index (χ0n) is 17.6. The zero-order valence-corrected chi connectivity index (χ0v) is 19.2. The van der Waals surface area contributed by atoms with Crippen molar-refractivity contribution >= 4 is 27.5 Å². The topological polar surface area (TPSA) is 51.2 Å². The molecule has 6 nitrogen and oxygen atoms in total. The highest BCUT2D eigenvalue weighted by atomic mass is 79.9. The quantitative estimate of drug-likeness (QED) is 0.632. The average Bonchev–Trinajstić information content (AvgIpc) is 3.14. The van der Waals surface area contributed by atoms with E-state index in [1.807, 2.05) is 36.1 Å². The Kier molecular flexibility index (Phi) is 6.50. The third kappa shape index (κ3) is 5.02. The molecule has 2 aromatic rings. The molecule has 2 unspecified atom stereocenters. The standard InChI is InChI=1S/C23H26BrFN2O4/c1-16(28)26-9-11-27(12-10-26)18-4-6-19(7-5-18)29-14-20-15-30-23(2,31-20)21-8-3-17(25)13-22(21)24/h3-8,13,20H,9-12,14-15H2,1-2H3. The van der Waals surface area contributed by atoms with Crippen LogP contribution in [0.5, 0.6) is 5.75 Å². The van der Waals surface area contributed by atoms with Crippen LogP contribution >= 0.6 is 15.9 Å². The Hall–Kier alpha value is -2.16. The van der Waals surface area contributed by atoms with Crippen molar-refractivity contribution in [3.8, 4) is 5.75 Å². The molecule has 2 saturated heterocycles. The summed E-state index contributed by atoms with van der Waals surface area (Å²) in [5, 5.41) is 0. The molecule has 4 rings (SSSR count). The zero-order chi connectivity index (χ0) is 22.0. The van der Waals surface area contributed by atoms with E-state index in [-0.39, 0.29) is 17.8 Å². The predicted molar refractivity (Wildman–Crippen MR) is 119 cm³/mol. The summed E-state index contributed by atoms with van der Waals surface area (Å²) in [7, 11) is 0. The molecule has 1 amide bonds. The molecule has 31 heavy (non-hydrogen) atoms. The van der Waals surface area contributed by atoms with Gasteiger partial charge < -0.3 is 24.0 Å². The van der Waals surface area contributed by atoms with Gasteiger partial charge in [-0.3, -0.25) is 4.79 Å². The van der Waals surface area contributed by atoms with Gasteiger partial charge in [0.25, 0.3) is 0 Å². The fraction of sp³-hybridized carbons (Fsp3) is 0.435. The summed E-state index contributed by atoms with van der Waals surface area (Å²) < 4.78 is 31.9. The maximum absolute atomic E-state index is 13.4. The molecule has 2 aliphatic rings. The lowest BCUT2D eigenvalue weighted by Crippen LogP contribution is -2.48. The summed E-state index contributed by atoms with van der Waals surface area (Å²) in [6.45, 7) is 7.32. The molecule has 0 saturated carbocycles. The lowest BCUT2D eigenvalue weighted by molar-refractivity contribution is -0.165. The summed E-state index contributed by atoms with van der Waals surface area (Å²) in [6, 6.07) is 12.4. The van der Waals surface area contributed by atoms with E-state index in [9.17, 15) is 9.18 Å². The first kappa shape index (κ1) is 22.0. The van der Waals surface area contributed by atoms with Crippen molar-refractivity contribution in [1.82, 2.24) is 4.90 Å². The summed E-state index contributed by atoms with van der Waals surface area (Å²) in [6.07, 6.45) is -0.235. The number of ether oxygens (including phenoxy) is 3. The van der Waals surface area contributed by atoms with Crippen molar-refractivity contribution in [3.05, 3.63) is 58.3 Å². The third-order valence-electron chi connectivity index (χ3n) is 5.72. The Morgan fingerprint density at radius 3 is 2.55 bits per heavy atom. The molecule has 0 bridgehead atoms. The van der Waals surface area contributed by atoms with Gasteiger partial charge in [-0.1, -0.05) is 15.9 Å². The van der Waals surface area contributed by atoms with Crippen LogP contribution in [0.3, 0.4) is 0 Å². The van der Waals surface area contributed by atoms with E-state index in [1.165, 1.54) is 12.1 Å². The third-order valence-corrected chi connectivity index (χ3v) is 6.38. The van der Waals surface area contributed by atoms with Gasteiger partial charge in [-0.25, -0.2) is 4.39 Å². The lowest BCUT2D eigenvalue weighted by Gasteiger charge is -2.35.